The van der Waals surface area contributed by atoms with Gasteiger partial charge in [0, 0.05) is 35.1 Å². The molecule has 25 heavy (non-hydrogen) atoms. The van der Waals surface area contributed by atoms with E-state index in [2.05, 4.69) is 9.71 Å². The number of fused-ring (bicyclic) bond motifs is 1. The summed E-state index contributed by atoms with van der Waals surface area (Å²) < 4.78 is 3.35. The molecule has 3 aromatic rings. The van der Waals surface area contributed by atoms with Gasteiger partial charge < -0.3 is 14.6 Å². The summed E-state index contributed by atoms with van der Waals surface area (Å²) in [4.78, 5) is 18.5. The number of amides is 1. The van der Waals surface area contributed by atoms with Crippen molar-refractivity contribution >= 4 is 46.0 Å². The van der Waals surface area contributed by atoms with Crippen LogP contribution in [0.2, 0.25) is 5.02 Å². The Morgan fingerprint density at radius 1 is 1.12 bits per heavy atom. The number of hydrogen-bond acceptors (Lipinski definition) is 3. The second-order valence-corrected chi connectivity index (χ2v) is 7.38. The fraction of sp³-hybridized carbons (Fsp3) is 0.211. The number of anilines is 1. The maximum atomic E-state index is 12.4. The fourth-order valence-corrected chi connectivity index (χ4v) is 3.97. The van der Waals surface area contributed by atoms with Crippen molar-refractivity contribution < 1.29 is 4.79 Å². The van der Waals surface area contributed by atoms with Crippen molar-refractivity contribution in [3.8, 4) is 0 Å². The maximum Gasteiger partial charge on any atom is 0.253 e. The predicted molar refractivity (Wildman–Crippen MR) is 104 cm³/mol. The largest absolute Gasteiger partial charge is 0.358 e. The van der Waals surface area contributed by atoms with E-state index >= 15 is 0 Å². The predicted octanol–water partition coefficient (Wildman–Crippen LogP) is 5.18. The summed E-state index contributed by atoms with van der Waals surface area (Å²) in [7, 11) is 0. The van der Waals surface area contributed by atoms with Crippen molar-refractivity contribution in [2.75, 3.05) is 17.8 Å². The molecule has 2 aromatic carbocycles. The molecule has 1 fully saturated rings. The number of rotatable bonds is 4. The van der Waals surface area contributed by atoms with Gasteiger partial charge in [-0.2, -0.15) is 0 Å². The summed E-state index contributed by atoms with van der Waals surface area (Å²) in [5, 5.41) is 1.72. The number of likely N-dealkylation sites (tertiary alicyclic amines) is 1. The number of benzene rings is 2. The number of H-pyrrole nitrogens is 1. The van der Waals surface area contributed by atoms with Gasteiger partial charge in [-0.05, 0) is 55.1 Å². The van der Waals surface area contributed by atoms with E-state index in [1.165, 1.54) is 11.9 Å². The lowest BCUT2D eigenvalue weighted by molar-refractivity contribution is 0.0793. The van der Waals surface area contributed by atoms with Gasteiger partial charge in [-0.3, -0.25) is 4.79 Å². The van der Waals surface area contributed by atoms with Crippen LogP contribution in [0.25, 0.3) is 10.9 Å². The zero-order valence-electron chi connectivity index (χ0n) is 13.6. The first-order valence-corrected chi connectivity index (χ1v) is 9.49. The quantitative estimate of drug-likeness (QED) is 0.621. The number of para-hydroxylation sites is 1. The molecule has 0 unspecified atom stereocenters. The average Bonchev–Trinajstić information content (AvgIpc) is 3.31. The highest BCUT2D eigenvalue weighted by Gasteiger charge is 2.19. The standard InChI is InChI=1S/C19H18ClN3OS/c20-16-12-21-18-15(16)4-3-5-17(18)22-25-14-8-6-13(7-9-14)19(24)23-10-1-2-11-23/h3-9,12,21-22H,1-2,10-11H2. The van der Waals surface area contributed by atoms with E-state index < -0.39 is 0 Å². The van der Waals surface area contributed by atoms with Gasteiger partial charge in [-0.15, -0.1) is 0 Å². The van der Waals surface area contributed by atoms with Gasteiger partial charge in [-0.1, -0.05) is 23.7 Å². The Hall–Kier alpha value is -2.11. The maximum absolute atomic E-state index is 12.4. The van der Waals surface area contributed by atoms with Crippen LogP contribution in [-0.4, -0.2) is 28.9 Å². The normalized spacial score (nSPS) is 14.2. The lowest BCUT2D eigenvalue weighted by Crippen LogP contribution is -2.27. The van der Waals surface area contributed by atoms with Gasteiger partial charge in [0.1, 0.15) is 0 Å². The topological polar surface area (TPSA) is 48.1 Å². The first kappa shape index (κ1) is 16.4. The van der Waals surface area contributed by atoms with E-state index in [4.69, 9.17) is 11.6 Å². The van der Waals surface area contributed by atoms with Gasteiger partial charge in [0.15, 0.2) is 0 Å². The van der Waals surface area contributed by atoms with Gasteiger partial charge >= 0.3 is 0 Å². The average molecular weight is 372 g/mol. The Morgan fingerprint density at radius 2 is 1.88 bits per heavy atom. The molecule has 2 N–H and O–H groups in total. The molecule has 0 spiro atoms. The second kappa shape index (κ2) is 7.02. The third-order valence-electron chi connectivity index (χ3n) is 4.44. The second-order valence-electron chi connectivity index (χ2n) is 6.09. The van der Waals surface area contributed by atoms with Crippen molar-refractivity contribution in [2.24, 2.45) is 0 Å². The summed E-state index contributed by atoms with van der Waals surface area (Å²) in [6, 6.07) is 13.7. The van der Waals surface area contributed by atoms with Gasteiger partial charge in [0.25, 0.3) is 5.91 Å². The number of aromatic amines is 1. The molecule has 1 amide bonds. The highest BCUT2D eigenvalue weighted by atomic mass is 35.5. The Labute approximate surface area is 155 Å². The van der Waals surface area contributed by atoms with Crippen LogP contribution >= 0.6 is 23.5 Å². The van der Waals surface area contributed by atoms with E-state index in [0.29, 0.717) is 5.02 Å². The minimum Gasteiger partial charge on any atom is -0.358 e. The zero-order valence-corrected chi connectivity index (χ0v) is 15.2. The van der Waals surface area contributed by atoms with Gasteiger partial charge in [-0.25, -0.2) is 0 Å². The molecule has 0 bridgehead atoms. The van der Waals surface area contributed by atoms with Crippen molar-refractivity contribution in [3.05, 3.63) is 59.2 Å². The molecule has 1 saturated heterocycles. The summed E-state index contributed by atoms with van der Waals surface area (Å²) >= 11 is 7.67. The SMILES string of the molecule is O=C(c1ccc(SNc2cccc3c(Cl)c[nH]c23)cc1)N1CCCC1. The third kappa shape index (κ3) is 3.34. The molecular weight excluding hydrogens is 354 g/mol. The molecule has 2 heterocycles. The van der Waals surface area contributed by atoms with E-state index in [-0.39, 0.29) is 5.91 Å². The third-order valence-corrected chi connectivity index (χ3v) is 5.58. The number of aromatic nitrogens is 1. The Balaban J connectivity index is 1.45. The number of nitrogens with zero attached hydrogens (tertiary/aromatic N) is 1. The van der Waals surface area contributed by atoms with Crippen LogP contribution in [0.5, 0.6) is 0 Å². The van der Waals surface area contributed by atoms with Gasteiger partial charge in [0.2, 0.25) is 0 Å². The van der Waals surface area contributed by atoms with Crippen LogP contribution in [0.4, 0.5) is 5.69 Å². The van der Waals surface area contributed by atoms with Crippen LogP contribution in [0.1, 0.15) is 23.2 Å². The zero-order chi connectivity index (χ0) is 17.2. The lowest BCUT2D eigenvalue weighted by Gasteiger charge is -2.15. The fourth-order valence-electron chi connectivity index (χ4n) is 3.09. The van der Waals surface area contributed by atoms with Crippen LogP contribution in [0.3, 0.4) is 0 Å². The smallest absolute Gasteiger partial charge is 0.253 e. The molecule has 128 valence electrons. The molecule has 1 aromatic heterocycles. The summed E-state index contributed by atoms with van der Waals surface area (Å²) in [6.07, 6.45) is 4.01. The molecule has 0 aliphatic carbocycles. The van der Waals surface area contributed by atoms with E-state index in [1.807, 2.05) is 47.4 Å². The van der Waals surface area contributed by atoms with Crippen LogP contribution in [0.15, 0.2) is 53.6 Å². The molecule has 4 rings (SSSR count). The van der Waals surface area contributed by atoms with Crippen molar-refractivity contribution in [2.45, 2.75) is 17.7 Å². The molecule has 0 saturated carbocycles. The highest BCUT2D eigenvalue weighted by molar-refractivity contribution is 8.00. The number of nitrogens with one attached hydrogen (secondary N) is 2. The minimum atomic E-state index is 0.132. The molecule has 1 aliphatic rings. The first-order chi connectivity index (χ1) is 12.2. The monoisotopic (exact) mass is 371 g/mol. The van der Waals surface area contributed by atoms with E-state index in [0.717, 1.165) is 53.0 Å². The number of halogens is 1. The Kier molecular flexibility index (Phi) is 4.59. The minimum absolute atomic E-state index is 0.132. The van der Waals surface area contributed by atoms with Crippen LogP contribution in [0, 0.1) is 0 Å². The van der Waals surface area contributed by atoms with Crippen molar-refractivity contribution in [1.82, 2.24) is 9.88 Å². The Morgan fingerprint density at radius 3 is 2.64 bits per heavy atom. The molecule has 0 radical (unpaired) electrons. The molecule has 4 nitrogen and oxygen atoms in total. The lowest BCUT2D eigenvalue weighted by atomic mass is 10.2. The molecule has 6 heteroatoms. The number of carbonyl (C=O) groups excluding carboxylic acids is 1. The molecule has 1 aliphatic heterocycles. The van der Waals surface area contributed by atoms with Crippen LogP contribution < -0.4 is 4.72 Å². The van der Waals surface area contributed by atoms with E-state index in [1.54, 1.807) is 6.20 Å². The van der Waals surface area contributed by atoms with Crippen LogP contribution in [-0.2, 0) is 0 Å². The number of hydrogen-bond donors (Lipinski definition) is 2. The molecule has 0 atom stereocenters. The summed E-state index contributed by atoms with van der Waals surface area (Å²) in [6.45, 7) is 1.75. The van der Waals surface area contributed by atoms with Gasteiger partial charge in [0.05, 0.1) is 16.2 Å². The van der Waals surface area contributed by atoms with E-state index in [9.17, 15) is 4.79 Å². The first-order valence-electron chi connectivity index (χ1n) is 8.30. The van der Waals surface area contributed by atoms with Crippen molar-refractivity contribution in [1.29, 1.82) is 0 Å². The Bertz CT molecular complexity index is 901. The van der Waals surface area contributed by atoms with Crippen molar-refractivity contribution in [3.63, 3.8) is 0 Å². The summed E-state index contributed by atoms with van der Waals surface area (Å²) in [5.74, 6) is 0.132. The highest BCUT2D eigenvalue weighted by Crippen LogP contribution is 2.31. The summed E-state index contributed by atoms with van der Waals surface area (Å²) in [5.41, 5.74) is 2.72. The number of carbonyl (C=O) groups is 1. The molecular formula is C19H18ClN3OS.